The Kier molecular flexibility index (Phi) is 3.55. The number of amides is 1. The first-order chi connectivity index (χ1) is 9.69. The first-order valence-electron chi connectivity index (χ1n) is 7.23. The first kappa shape index (κ1) is 13.3. The predicted octanol–water partition coefficient (Wildman–Crippen LogP) is 2.62. The maximum absolute atomic E-state index is 12.4. The van der Waals surface area contributed by atoms with Gasteiger partial charge >= 0.3 is 0 Å². The van der Waals surface area contributed by atoms with Crippen LogP contribution in [0.4, 0.5) is 0 Å². The lowest BCUT2D eigenvalue weighted by molar-refractivity contribution is 0.0922. The van der Waals surface area contributed by atoms with Crippen molar-refractivity contribution < 1.29 is 14.3 Å². The Morgan fingerprint density at radius 3 is 2.30 bits per heavy atom. The van der Waals surface area contributed by atoms with E-state index in [0.717, 1.165) is 12.3 Å². The summed E-state index contributed by atoms with van der Waals surface area (Å²) in [7, 11) is 3.18. The molecule has 0 heterocycles. The molecule has 2 fully saturated rings. The van der Waals surface area contributed by atoms with E-state index in [0.29, 0.717) is 29.0 Å². The molecule has 20 heavy (non-hydrogen) atoms. The summed E-state index contributed by atoms with van der Waals surface area (Å²) in [5.41, 5.74) is 0.601. The molecule has 4 heteroatoms. The molecule has 0 aliphatic heterocycles. The number of rotatable bonds is 4. The highest BCUT2D eigenvalue weighted by atomic mass is 16.5. The number of hydrogen-bond acceptors (Lipinski definition) is 3. The average Bonchev–Trinajstić information content (AvgIpc) is 3.09. The van der Waals surface area contributed by atoms with E-state index >= 15 is 0 Å². The van der Waals surface area contributed by atoms with Crippen LogP contribution in [0.5, 0.6) is 11.5 Å². The lowest BCUT2D eigenvalue weighted by atomic mass is 9.95. The van der Waals surface area contributed by atoms with E-state index in [4.69, 9.17) is 9.47 Å². The number of benzene rings is 1. The van der Waals surface area contributed by atoms with Crippen molar-refractivity contribution in [2.45, 2.75) is 31.7 Å². The van der Waals surface area contributed by atoms with Crippen molar-refractivity contribution in [3.63, 3.8) is 0 Å². The van der Waals surface area contributed by atoms with Gasteiger partial charge in [0.05, 0.1) is 14.2 Å². The lowest BCUT2D eigenvalue weighted by Crippen LogP contribution is -2.38. The van der Waals surface area contributed by atoms with Gasteiger partial charge in [0.15, 0.2) is 0 Å². The molecule has 2 saturated carbocycles. The molecule has 1 amide bonds. The fourth-order valence-corrected chi connectivity index (χ4v) is 3.61. The fraction of sp³-hybridized carbons (Fsp3) is 0.562. The van der Waals surface area contributed by atoms with Gasteiger partial charge in [-0.15, -0.1) is 0 Å². The van der Waals surface area contributed by atoms with E-state index in [-0.39, 0.29) is 5.91 Å². The topological polar surface area (TPSA) is 47.6 Å². The number of ether oxygens (including phenoxy) is 2. The maximum atomic E-state index is 12.4. The second-order valence-corrected chi connectivity index (χ2v) is 5.86. The van der Waals surface area contributed by atoms with E-state index in [1.165, 1.54) is 19.3 Å². The molecule has 2 bridgehead atoms. The van der Waals surface area contributed by atoms with Gasteiger partial charge in [-0.3, -0.25) is 4.79 Å². The minimum atomic E-state index is -0.0280. The van der Waals surface area contributed by atoms with Gasteiger partial charge in [0, 0.05) is 17.7 Å². The molecule has 4 nitrogen and oxygen atoms in total. The zero-order valence-corrected chi connectivity index (χ0v) is 12.0. The van der Waals surface area contributed by atoms with Crippen LogP contribution in [0.15, 0.2) is 18.2 Å². The molecule has 2 aliphatic carbocycles. The summed E-state index contributed by atoms with van der Waals surface area (Å²) in [6.45, 7) is 0. The van der Waals surface area contributed by atoms with Crippen LogP contribution >= 0.6 is 0 Å². The first-order valence-corrected chi connectivity index (χ1v) is 7.23. The Morgan fingerprint density at radius 1 is 1.10 bits per heavy atom. The number of carbonyl (C=O) groups is 1. The summed E-state index contributed by atoms with van der Waals surface area (Å²) >= 11 is 0. The highest BCUT2D eigenvalue weighted by molar-refractivity contribution is 5.95. The Bertz CT molecular complexity index is 492. The molecule has 1 aromatic rings. The quantitative estimate of drug-likeness (QED) is 0.919. The third-order valence-electron chi connectivity index (χ3n) is 4.67. The molecular formula is C16H21NO3. The van der Waals surface area contributed by atoms with Crippen molar-refractivity contribution in [1.82, 2.24) is 5.32 Å². The second-order valence-electron chi connectivity index (χ2n) is 5.86. The number of fused-ring (bicyclic) bond motifs is 2. The SMILES string of the molecule is COc1cc(OC)cc(C(=O)N[C@H]2C[C@@H]3CC[C@@H]2C3)c1. The third kappa shape index (κ3) is 2.47. The molecule has 1 N–H and O–H groups in total. The van der Waals surface area contributed by atoms with Gasteiger partial charge in [-0.1, -0.05) is 6.42 Å². The summed E-state index contributed by atoms with van der Waals surface area (Å²) in [6, 6.07) is 5.63. The van der Waals surface area contributed by atoms with Crippen molar-refractivity contribution in [2.24, 2.45) is 11.8 Å². The minimum absolute atomic E-state index is 0.0280. The molecule has 0 unspecified atom stereocenters. The van der Waals surface area contributed by atoms with Crippen LogP contribution in [0.25, 0.3) is 0 Å². The number of carbonyl (C=O) groups excluding carboxylic acids is 1. The zero-order valence-electron chi connectivity index (χ0n) is 12.0. The van der Waals surface area contributed by atoms with E-state index in [1.807, 2.05) is 0 Å². The number of hydrogen-bond donors (Lipinski definition) is 1. The molecule has 0 spiro atoms. The van der Waals surface area contributed by atoms with Gasteiger partial charge in [0.25, 0.3) is 5.91 Å². The smallest absolute Gasteiger partial charge is 0.251 e. The Balaban J connectivity index is 1.73. The van der Waals surface area contributed by atoms with Crippen LogP contribution in [0.1, 0.15) is 36.0 Å². The summed E-state index contributed by atoms with van der Waals surface area (Å²) in [5.74, 6) is 2.76. The van der Waals surface area contributed by atoms with Crippen LogP contribution in [0, 0.1) is 11.8 Å². The third-order valence-corrected chi connectivity index (χ3v) is 4.67. The zero-order chi connectivity index (χ0) is 14.1. The molecular weight excluding hydrogens is 254 g/mol. The van der Waals surface area contributed by atoms with Crippen molar-refractivity contribution >= 4 is 5.91 Å². The van der Waals surface area contributed by atoms with Crippen molar-refractivity contribution in [1.29, 1.82) is 0 Å². The van der Waals surface area contributed by atoms with Crippen LogP contribution < -0.4 is 14.8 Å². The van der Waals surface area contributed by atoms with E-state index in [2.05, 4.69) is 5.32 Å². The summed E-state index contributed by atoms with van der Waals surface area (Å²) in [5, 5.41) is 3.18. The van der Waals surface area contributed by atoms with Crippen molar-refractivity contribution in [3.05, 3.63) is 23.8 Å². The van der Waals surface area contributed by atoms with E-state index in [1.54, 1.807) is 32.4 Å². The molecule has 108 valence electrons. The maximum Gasteiger partial charge on any atom is 0.251 e. The highest BCUT2D eigenvalue weighted by Gasteiger charge is 2.40. The van der Waals surface area contributed by atoms with Gasteiger partial charge in [-0.2, -0.15) is 0 Å². The van der Waals surface area contributed by atoms with Crippen LogP contribution in [0.2, 0.25) is 0 Å². The van der Waals surface area contributed by atoms with Gasteiger partial charge in [0.1, 0.15) is 11.5 Å². The van der Waals surface area contributed by atoms with Gasteiger partial charge in [0.2, 0.25) is 0 Å². The average molecular weight is 275 g/mol. The Labute approximate surface area is 119 Å². The van der Waals surface area contributed by atoms with E-state index in [9.17, 15) is 4.79 Å². The van der Waals surface area contributed by atoms with Crippen LogP contribution in [0.3, 0.4) is 0 Å². The largest absolute Gasteiger partial charge is 0.497 e. The molecule has 0 radical (unpaired) electrons. The molecule has 2 aliphatic rings. The van der Waals surface area contributed by atoms with Gasteiger partial charge < -0.3 is 14.8 Å². The minimum Gasteiger partial charge on any atom is -0.497 e. The normalized spacial score (nSPS) is 27.4. The summed E-state index contributed by atoms with van der Waals surface area (Å²) in [4.78, 5) is 12.4. The van der Waals surface area contributed by atoms with E-state index < -0.39 is 0 Å². The lowest BCUT2D eigenvalue weighted by Gasteiger charge is -2.23. The molecule has 0 aromatic heterocycles. The standard InChI is InChI=1S/C16H21NO3/c1-19-13-7-12(8-14(9-13)20-2)16(18)17-15-6-10-3-4-11(15)5-10/h7-11,15H,3-6H2,1-2H3,(H,17,18)/t10-,11-,15+/m1/s1. The van der Waals surface area contributed by atoms with Gasteiger partial charge in [-0.05, 0) is 43.2 Å². The molecule has 1 aromatic carbocycles. The molecule has 3 rings (SSSR count). The Morgan fingerprint density at radius 2 is 1.80 bits per heavy atom. The number of nitrogens with one attached hydrogen (secondary N) is 1. The fourth-order valence-electron chi connectivity index (χ4n) is 3.61. The van der Waals surface area contributed by atoms with Crippen molar-refractivity contribution in [3.8, 4) is 11.5 Å². The van der Waals surface area contributed by atoms with Crippen LogP contribution in [-0.2, 0) is 0 Å². The van der Waals surface area contributed by atoms with Gasteiger partial charge in [-0.25, -0.2) is 0 Å². The monoisotopic (exact) mass is 275 g/mol. The molecule has 0 saturated heterocycles. The van der Waals surface area contributed by atoms with Crippen LogP contribution in [-0.4, -0.2) is 26.2 Å². The Hall–Kier alpha value is -1.71. The second kappa shape index (κ2) is 5.35. The number of methoxy groups -OCH3 is 2. The highest BCUT2D eigenvalue weighted by Crippen LogP contribution is 2.44. The summed E-state index contributed by atoms with van der Waals surface area (Å²) in [6.07, 6.45) is 5.02. The van der Waals surface area contributed by atoms with Crippen molar-refractivity contribution in [2.75, 3.05) is 14.2 Å². The predicted molar refractivity (Wildman–Crippen MR) is 76.2 cm³/mol. The molecule has 3 atom stereocenters. The summed E-state index contributed by atoms with van der Waals surface area (Å²) < 4.78 is 10.4.